The molecule has 0 bridgehead atoms. The smallest absolute Gasteiger partial charge is 0.257 e. The van der Waals surface area contributed by atoms with E-state index in [1.54, 1.807) is 30.0 Å². The molecule has 1 atom stereocenters. The molecule has 0 fully saturated rings. The molecule has 2 amide bonds. The Kier molecular flexibility index (Phi) is 9.19. The van der Waals surface area contributed by atoms with Crippen molar-refractivity contribution >= 4 is 17.6 Å². The molecule has 0 aliphatic heterocycles. The number of ether oxygens (including phenoxy) is 3. The summed E-state index contributed by atoms with van der Waals surface area (Å²) in [5.41, 5.74) is 3.12. The molecule has 0 saturated heterocycles. The van der Waals surface area contributed by atoms with Crippen LogP contribution < -0.4 is 14.8 Å². The highest BCUT2D eigenvalue weighted by Gasteiger charge is 2.30. The van der Waals surface area contributed by atoms with Gasteiger partial charge in [0.25, 0.3) is 5.91 Å². The summed E-state index contributed by atoms with van der Waals surface area (Å²) in [5, 5.41) is 7.59. The van der Waals surface area contributed by atoms with E-state index in [0.29, 0.717) is 22.9 Å². The van der Waals surface area contributed by atoms with Gasteiger partial charge in [-0.2, -0.15) is 0 Å². The van der Waals surface area contributed by atoms with E-state index in [1.165, 1.54) is 19.1 Å². The van der Waals surface area contributed by atoms with Gasteiger partial charge in [0.1, 0.15) is 6.54 Å². The number of carbonyl (C=O) groups excluding carboxylic acids is 2. The highest BCUT2D eigenvalue weighted by molar-refractivity contribution is 5.97. The number of benzene rings is 3. The Hall–Kier alpha value is -4.63. The first-order chi connectivity index (χ1) is 19.4. The van der Waals surface area contributed by atoms with Crippen LogP contribution in [0.5, 0.6) is 11.5 Å². The SMILES string of the molecule is COc1ccc(C(OC)C(=O)N(CC(=O)Nc2nn(-c3ccccc3)cc2-c2ccccc2)C(C)C)cc1OC. The third kappa shape index (κ3) is 6.32. The molecule has 4 rings (SSSR count). The monoisotopic (exact) mass is 542 g/mol. The molecule has 3 aromatic carbocycles. The maximum atomic E-state index is 13.7. The number of carbonyl (C=O) groups is 2. The van der Waals surface area contributed by atoms with Crippen molar-refractivity contribution < 1.29 is 23.8 Å². The fraction of sp³-hybridized carbons (Fsp3) is 0.258. The van der Waals surface area contributed by atoms with Gasteiger partial charge in [-0.25, -0.2) is 4.68 Å². The lowest BCUT2D eigenvalue weighted by Crippen LogP contribution is -2.45. The van der Waals surface area contributed by atoms with E-state index < -0.39 is 6.10 Å². The van der Waals surface area contributed by atoms with Crippen LogP contribution in [-0.4, -0.2) is 60.4 Å². The average molecular weight is 543 g/mol. The number of nitrogens with zero attached hydrogens (tertiary/aromatic N) is 3. The molecular weight excluding hydrogens is 508 g/mol. The second kappa shape index (κ2) is 12.9. The molecule has 0 spiro atoms. The molecule has 208 valence electrons. The average Bonchev–Trinajstić information content (AvgIpc) is 3.40. The van der Waals surface area contributed by atoms with Crippen LogP contribution >= 0.6 is 0 Å². The first-order valence-electron chi connectivity index (χ1n) is 12.9. The van der Waals surface area contributed by atoms with Crippen LogP contribution in [0.4, 0.5) is 5.82 Å². The zero-order valence-electron chi connectivity index (χ0n) is 23.3. The van der Waals surface area contributed by atoms with Gasteiger partial charge in [-0.1, -0.05) is 54.6 Å². The Morgan fingerprint density at radius 2 is 1.55 bits per heavy atom. The van der Waals surface area contributed by atoms with Crippen molar-refractivity contribution in [2.45, 2.75) is 26.0 Å². The Labute approximate surface area is 234 Å². The number of methoxy groups -OCH3 is 3. The predicted octanol–water partition coefficient (Wildman–Crippen LogP) is 5.12. The minimum absolute atomic E-state index is 0.184. The van der Waals surface area contributed by atoms with E-state index >= 15 is 0 Å². The third-order valence-corrected chi connectivity index (χ3v) is 6.47. The largest absolute Gasteiger partial charge is 0.493 e. The van der Waals surface area contributed by atoms with Crippen molar-refractivity contribution in [1.82, 2.24) is 14.7 Å². The van der Waals surface area contributed by atoms with Crippen molar-refractivity contribution in [2.75, 3.05) is 33.2 Å². The third-order valence-electron chi connectivity index (χ3n) is 6.47. The molecule has 0 radical (unpaired) electrons. The standard InChI is InChI=1S/C31H34N4O5/c1-21(2)34(31(37)29(40-5)23-16-17-26(38-3)27(18-23)39-4)20-28(36)32-30-25(22-12-8-6-9-13-22)19-35(33-30)24-14-10-7-11-15-24/h6-19,21,29H,20H2,1-5H3,(H,32,33,36). The highest BCUT2D eigenvalue weighted by atomic mass is 16.5. The molecule has 9 heteroatoms. The van der Waals surface area contributed by atoms with Crippen molar-refractivity contribution in [3.8, 4) is 28.3 Å². The Morgan fingerprint density at radius 1 is 0.900 bits per heavy atom. The quantitative estimate of drug-likeness (QED) is 0.283. The number of para-hydroxylation sites is 1. The molecular formula is C31H34N4O5. The zero-order valence-corrected chi connectivity index (χ0v) is 23.3. The van der Waals surface area contributed by atoms with Gasteiger partial charge in [-0.05, 0) is 49.2 Å². The van der Waals surface area contributed by atoms with Gasteiger partial charge in [0, 0.05) is 24.9 Å². The number of amides is 2. The van der Waals surface area contributed by atoms with Crippen LogP contribution in [0.25, 0.3) is 16.8 Å². The van der Waals surface area contributed by atoms with E-state index in [4.69, 9.17) is 14.2 Å². The summed E-state index contributed by atoms with van der Waals surface area (Å²) in [5.74, 6) is 0.695. The number of aromatic nitrogens is 2. The summed E-state index contributed by atoms with van der Waals surface area (Å²) in [6.07, 6.45) is 0.941. The summed E-state index contributed by atoms with van der Waals surface area (Å²) in [7, 11) is 4.53. The summed E-state index contributed by atoms with van der Waals surface area (Å²) < 4.78 is 18.0. The van der Waals surface area contributed by atoms with Gasteiger partial charge in [-0.3, -0.25) is 9.59 Å². The van der Waals surface area contributed by atoms with Crippen LogP contribution in [0.2, 0.25) is 0 Å². The number of nitrogens with one attached hydrogen (secondary N) is 1. The van der Waals surface area contributed by atoms with Crippen molar-refractivity contribution in [1.29, 1.82) is 0 Å². The van der Waals surface area contributed by atoms with E-state index in [1.807, 2.05) is 80.7 Å². The van der Waals surface area contributed by atoms with Crippen LogP contribution in [0.15, 0.2) is 85.1 Å². The predicted molar refractivity (Wildman–Crippen MR) is 154 cm³/mol. The van der Waals surface area contributed by atoms with Gasteiger partial charge in [0.2, 0.25) is 5.91 Å². The lowest BCUT2D eigenvalue weighted by molar-refractivity contribution is -0.146. The first-order valence-corrected chi connectivity index (χ1v) is 12.9. The number of rotatable bonds is 11. The van der Waals surface area contributed by atoms with Gasteiger partial charge in [-0.15, -0.1) is 5.10 Å². The maximum absolute atomic E-state index is 13.7. The molecule has 40 heavy (non-hydrogen) atoms. The fourth-order valence-electron chi connectivity index (χ4n) is 4.40. The van der Waals surface area contributed by atoms with Crippen molar-refractivity contribution in [3.05, 3.63) is 90.6 Å². The van der Waals surface area contributed by atoms with Crippen LogP contribution in [-0.2, 0) is 14.3 Å². The van der Waals surface area contributed by atoms with Crippen LogP contribution in [0.1, 0.15) is 25.5 Å². The minimum atomic E-state index is -0.938. The summed E-state index contributed by atoms with van der Waals surface area (Å²) in [4.78, 5) is 28.5. The molecule has 9 nitrogen and oxygen atoms in total. The molecule has 1 heterocycles. The molecule has 1 unspecified atom stereocenters. The Morgan fingerprint density at radius 3 is 2.15 bits per heavy atom. The molecule has 0 saturated carbocycles. The zero-order chi connectivity index (χ0) is 28.6. The van der Waals surface area contributed by atoms with Gasteiger partial charge >= 0.3 is 0 Å². The summed E-state index contributed by atoms with van der Waals surface area (Å²) in [6.45, 7) is 3.52. The minimum Gasteiger partial charge on any atom is -0.493 e. The molecule has 0 aliphatic rings. The summed E-state index contributed by atoms with van der Waals surface area (Å²) in [6, 6.07) is 24.2. The van der Waals surface area contributed by atoms with Gasteiger partial charge in [0.15, 0.2) is 23.4 Å². The van der Waals surface area contributed by atoms with E-state index in [0.717, 1.165) is 16.8 Å². The Bertz CT molecular complexity index is 1440. The van der Waals surface area contributed by atoms with E-state index in [-0.39, 0.29) is 24.4 Å². The second-order valence-corrected chi connectivity index (χ2v) is 9.38. The Balaban J connectivity index is 1.58. The first kappa shape index (κ1) is 28.4. The number of hydrogen-bond acceptors (Lipinski definition) is 6. The number of hydrogen-bond donors (Lipinski definition) is 1. The second-order valence-electron chi connectivity index (χ2n) is 9.38. The molecule has 0 aliphatic carbocycles. The van der Waals surface area contributed by atoms with Crippen LogP contribution in [0, 0.1) is 0 Å². The fourth-order valence-corrected chi connectivity index (χ4v) is 4.40. The van der Waals surface area contributed by atoms with Gasteiger partial charge < -0.3 is 24.4 Å². The normalized spacial score (nSPS) is 11.7. The molecule has 4 aromatic rings. The number of anilines is 1. The molecule has 1 N–H and O–H groups in total. The van der Waals surface area contributed by atoms with E-state index in [9.17, 15) is 9.59 Å². The highest BCUT2D eigenvalue weighted by Crippen LogP contribution is 2.32. The lowest BCUT2D eigenvalue weighted by Gasteiger charge is -2.30. The summed E-state index contributed by atoms with van der Waals surface area (Å²) >= 11 is 0. The lowest BCUT2D eigenvalue weighted by atomic mass is 10.1. The topological polar surface area (TPSA) is 94.9 Å². The van der Waals surface area contributed by atoms with Crippen molar-refractivity contribution in [3.63, 3.8) is 0 Å². The molecule has 1 aromatic heterocycles. The van der Waals surface area contributed by atoms with E-state index in [2.05, 4.69) is 10.4 Å². The van der Waals surface area contributed by atoms with Crippen molar-refractivity contribution in [2.24, 2.45) is 0 Å². The van der Waals surface area contributed by atoms with Gasteiger partial charge in [0.05, 0.1) is 19.9 Å². The van der Waals surface area contributed by atoms with Crippen LogP contribution in [0.3, 0.4) is 0 Å². The maximum Gasteiger partial charge on any atom is 0.257 e.